The van der Waals surface area contributed by atoms with Crippen LogP contribution in [0, 0.1) is 5.92 Å². The van der Waals surface area contributed by atoms with Crippen molar-refractivity contribution in [3.05, 3.63) is 11.7 Å². The molecule has 1 saturated heterocycles. The first-order chi connectivity index (χ1) is 10.1. The van der Waals surface area contributed by atoms with Crippen molar-refractivity contribution < 1.29 is 14.0 Å². The van der Waals surface area contributed by atoms with Gasteiger partial charge in [-0.2, -0.15) is 4.98 Å². The fourth-order valence-electron chi connectivity index (χ4n) is 3.62. The normalized spacial score (nSPS) is 33.0. The Morgan fingerprint density at radius 2 is 2.05 bits per heavy atom. The Bertz CT molecular complexity index is 484. The van der Waals surface area contributed by atoms with Crippen molar-refractivity contribution >= 4 is 0 Å². The summed E-state index contributed by atoms with van der Waals surface area (Å²) < 4.78 is 16.7. The number of methoxy groups -OCH3 is 1. The van der Waals surface area contributed by atoms with Crippen LogP contribution < -0.4 is 5.73 Å². The predicted molar refractivity (Wildman–Crippen MR) is 76.5 cm³/mol. The molecule has 0 aromatic carbocycles. The van der Waals surface area contributed by atoms with Gasteiger partial charge in [0.2, 0.25) is 11.7 Å². The maximum absolute atomic E-state index is 6.54. The second-order valence-electron chi connectivity index (χ2n) is 6.59. The van der Waals surface area contributed by atoms with Crippen LogP contribution in [0.3, 0.4) is 0 Å². The van der Waals surface area contributed by atoms with Crippen molar-refractivity contribution in [2.45, 2.75) is 56.6 Å². The minimum Gasteiger partial charge on any atom is -0.381 e. The fourth-order valence-corrected chi connectivity index (χ4v) is 3.62. The number of nitrogens with two attached hydrogens (primary N) is 1. The van der Waals surface area contributed by atoms with E-state index in [0.717, 1.165) is 32.1 Å². The maximum Gasteiger partial charge on any atom is 0.246 e. The van der Waals surface area contributed by atoms with Crippen molar-refractivity contribution in [1.29, 1.82) is 0 Å². The van der Waals surface area contributed by atoms with E-state index in [2.05, 4.69) is 17.1 Å². The van der Waals surface area contributed by atoms with Crippen LogP contribution in [0.5, 0.6) is 0 Å². The van der Waals surface area contributed by atoms with Crippen molar-refractivity contribution in [2.75, 3.05) is 20.3 Å². The van der Waals surface area contributed by atoms with Gasteiger partial charge in [0.1, 0.15) is 5.60 Å². The second kappa shape index (κ2) is 5.66. The van der Waals surface area contributed by atoms with Crippen LogP contribution in [0.25, 0.3) is 0 Å². The van der Waals surface area contributed by atoms with E-state index >= 15 is 0 Å². The summed E-state index contributed by atoms with van der Waals surface area (Å²) in [5.74, 6) is 1.77. The summed E-state index contributed by atoms with van der Waals surface area (Å²) in [5, 5.41) is 4.18. The molecule has 3 rings (SSSR count). The Kier molecular flexibility index (Phi) is 4.03. The van der Waals surface area contributed by atoms with E-state index in [0.29, 0.717) is 30.8 Å². The summed E-state index contributed by atoms with van der Waals surface area (Å²) in [7, 11) is 1.70. The van der Waals surface area contributed by atoms with Crippen LogP contribution >= 0.6 is 0 Å². The summed E-state index contributed by atoms with van der Waals surface area (Å²) in [6.07, 6.45) is 5.63. The highest BCUT2D eigenvalue weighted by Crippen LogP contribution is 2.39. The maximum atomic E-state index is 6.54. The van der Waals surface area contributed by atoms with E-state index in [1.807, 2.05) is 0 Å². The average Bonchev–Trinajstić information content (AvgIpc) is 2.99. The quantitative estimate of drug-likeness (QED) is 0.919. The molecular formula is C15H25N3O3. The van der Waals surface area contributed by atoms with Gasteiger partial charge < -0.3 is 19.7 Å². The van der Waals surface area contributed by atoms with Gasteiger partial charge in [-0.1, -0.05) is 24.9 Å². The van der Waals surface area contributed by atoms with Crippen LogP contribution in [0.2, 0.25) is 0 Å². The highest BCUT2D eigenvalue weighted by Gasteiger charge is 2.43. The summed E-state index contributed by atoms with van der Waals surface area (Å²) in [5.41, 5.74) is 5.56. The van der Waals surface area contributed by atoms with E-state index < -0.39 is 11.1 Å². The number of hydrogen-bond donors (Lipinski definition) is 1. The Balaban J connectivity index is 1.85. The predicted octanol–water partition coefficient (Wildman–Crippen LogP) is 2.09. The summed E-state index contributed by atoms with van der Waals surface area (Å²) in [6.45, 7) is 3.54. The average molecular weight is 295 g/mol. The molecule has 2 heterocycles. The number of ether oxygens (including phenoxy) is 2. The van der Waals surface area contributed by atoms with E-state index in [1.165, 1.54) is 6.42 Å². The summed E-state index contributed by atoms with van der Waals surface area (Å²) >= 11 is 0. The highest BCUT2D eigenvalue weighted by atomic mass is 16.5. The third kappa shape index (κ3) is 2.72. The minimum atomic E-state index is -0.489. The van der Waals surface area contributed by atoms with Gasteiger partial charge in [0.15, 0.2) is 0 Å². The molecule has 2 aliphatic rings. The van der Waals surface area contributed by atoms with Gasteiger partial charge in [-0.15, -0.1) is 0 Å². The number of nitrogens with zero attached hydrogens (tertiary/aromatic N) is 2. The molecule has 118 valence electrons. The second-order valence-corrected chi connectivity index (χ2v) is 6.59. The Labute approximate surface area is 125 Å². The molecule has 6 nitrogen and oxygen atoms in total. The fraction of sp³-hybridized carbons (Fsp3) is 0.867. The molecule has 1 aromatic rings. The van der Waals surface area contributed by atoms with Gasteiger partial charge in [0, 0.05) is 33.2 Å². The zero-order valence-corrected chi connectivity index (χ0v) is 12.9. The highest BCUT2D eigenvalue weighted by molar-refractivity contribution is 5.09. The standard InChI is InChI=1S/C15H25N3O3/c1-11-4-3-5-14(16,10-11)13-17-12(18-21-13)15(19-2)6-8-20-9-7-15/h11H,3-10,16H2,1-2H3. The van der Waals surface area contributed by atoms with Crippen molar-refractivity contribution in [2.24, 2.45) is 11.7 Å². The van der Waals surface area contributed by atoms with Gasteiger partial charge >= 0.3 is 0 Å². The van der Waals surface area contributed by atoms with E-state index in [9.17, 15) is 0 Å². The molecule has 21 heavy (non-hydrogen) atoms. The van der Waals surface area contributed by atoms with Crippen LogP contribution in [0.15, 0.2) is 4.52 Å². The van der Waals surface area contributed by atoms with Crippen LogP contribution in [-0.2, 0) is 20.6 Å². The lowest BCUT2D eigenvalue weighted by Gasteiger charge is -2.34. The molecular weight excluding hydrogens is 270 g/mol. The van der Waals surface area contributed by atoms with E-state index in [4.69, 9.17) is 19.7 Å². The largest absolute Gasteiger partial charge is 0.381 e. The van der Waals surface area contributed by atoms with E-state index in [-0.39, 0.29) is 0 Å². The minimum absolute atomic E-state index is 0.483. The van der Waals surface area contributed by atoms with Gasteiger partial charge in [-0.05, 0) is 18.8 Å². The molecule has 1 saturated carbocycles. The Hall–Kier alpha value is -0.980. The van der Waals surface area contributed by atoms with Crippen LogP contribution in [-0.4, -0.2) is 30.5 Å². The third-order valence-electron chi connectivity index (χ3n) is 4.98. The summed E-state index contributed by atoms with van der Waals surface area (Å²) in [6, 6.07) is 0. The molecule has 2 unspecified atom stereocenters. The number of aromatic nitrogens is 2. The van der Waals surface area contributed by atoms with Crippen molar-refractivity contribution in [3.63, 3.8) is 0 Å². The zero-order chi connectivity index (χ0) is 14.9. The first-order valence-corrected chi connectivity index (χ1v) is 7.84. The topological polar surface area (TPSA) is 83.4 Å². The monoisotopic (exact) mass is 295 g/mol. The van der Waals surface area contributed by atoms with Crippen LogP contribution in [0.1, 0.15) is 57.2 Å². The molecule has 0 bridgehead atoms. The Morgan fingerprint density at radius 1 is 1.29 bits per heavy atom. The smallest absolute Gasteiger partial charge is 0.246 e. The molecule has 0 radical (unpaired) electrons. The van der Waals surface area contributed by atoms with Crippen molar-refractivity contribution in [1.82, 2.24) is 10.1 Å². The third-order valence-corrected chi connectivity index (χ3v) is 4.98. The van der Waals surface area contributed by atoms with Gasteiger partial charge in [0.25, 0.3) is 0 Å². The molecule has 6 heteroatoms. The molecule has 2 N–H and O–H groups in total. The molecule has 1 aliphatic carbocycles. The lowest BCUT2D eigenvalue weighted by molar-refractivity contribution is -0.101. The molecule has 2 atom stereocenters. The number of hydrogen-bond acceptors (Lipinski definition) is 6. The summed E-state index contributed by atoms with van der Waals surface area (Å²) in [4.78, 5) is 4.62. The zero-order valence-electron chi connectivity index (χ0n) is 12.9. The first-order valence-electron chi connectivity index (χ1n) is 7.84. The SMILES string of the molecule is COC1(c2noc(C3(N)CCCC(C)C3)n2)CCOCC1. The van der Waals surface area contributed by atoms with Gasteiger partial charge in [0.05, 0.1) is 5.54 Å². The molecule has 0 spiro atoms. The Morgan fingerprint density at radius 3 is 2.71 bits per heavy atom. The number of rotatable bonds is 3. The molecule has 1 aromatic heterocycles. The molecule has 1 aliphatic heterocycles. The van der Waals surface area contributed by atoms with Gasteiger partial charge in [-0.25, -0.2) is 0 Å². The van der Waals surface area contributed by atoms with Gasteiger partial charge in [-0.3, -0.25) is 0 Å². The van der Waals surface area contributed by atoms with Crippen LogP contribution in [0.4, 0.5) is 0 Å². The lowest BCUT2D eigenvalue weighted by Crippen LogP contribution is -2.42. The van der Waals surface area contributed by atoms with Crippen molar-refractivity contribution in [3.8, 4) is 0 Å². The van der Waals surface area contributed by atoms with E-state index in [1.54, 1.807) is 7.11 Å². The first kappa shape index (κ1) is 14.9. The molecule has 0 amide bonds. The lowest BCUT2D eigenvalue weighted by atomic mass is 9.77. The molecule has 2 fully saturated rings.